The number of hydrogen-bond acceptors (Lipinski definition) is 4. The van der Waals surface area contributed by atoms with E-state index in [9.17, 15) is 9.59 Å². The predicted molar refractivity (Wildman–Crippen MR) is 87.2 cm³/mol. The van der Waals surface area contributed by atoms with Crippen molar-refractivity contribution < 1.29 is 19.4 Å². The molecule has 1 aromatic rings. The van der Waals surface area contributed by atoms with E-state index in [2.05, 4.69) is 0 Å². The Labute approximate surface area is 136 Å². The first kappa shape index (κ1) is 17.5. The van der Waals surface area contributed by atoms with Gasteiger partial charge in [0.05, 0.1) is 5.41 Å². The van der Waals surface area contributed by atoms with Gasteiger partial charge in [-0.15, -0.1) is 0 Å². The van der Waals surface area contributed by atoms with Gasteiger partial charge in [0.2, 0.25) is 0 Å². The number of nitrogens with two attached hydrogens (primary N) is 1. The lowest BCUT2D eigenvalue weighted by molar-refractivity contribution is -0.148. The molecule has 1 aromatic carbocycles. The van der Waals surface area contributed by atoms with Crippen molar-refractivity contribution >= 4 is 11.9 Å². The molecule has 126 valence electrons. The molecule has 23 heavy (non-hydrogen) atoms. The summed E-state index contributed by atoms with van der Waals surface area (Å²) < 4.78 is 5.58. The van der Waals surface area contributed by atoms with Crippen molar-refractivity contribution in [2.75, 3.05) is 6.54 Å². The van der Waals surface area contributed by atoms with Gasteiger partial charge in [-0.3, -0.25) is 9.59 Å². The second-order valence-electron chi connectivity index (χ2n) is 6.31. The van der Waals surface area contributed by atoms with Gasteiger partial charge in [0.25, 0.3) is 0 Å². The van der Waals surface area contributed by atoms with Crippen molar-refractivity contribution in [1.29, 1.82) is 0 Å². The summed E-state index contributed by atoms with van der Waals surface area (Å²) in [5, 5.41) is 8.69. The van der Waals surface area contributed by atoms with Gasteiger partial charge in [-0.05, 0) is 49.9 Å². The van der Waals surface area contributed by atoms with Gasteiger partial charge in [0.15, 0.2) is 0 Å². The van der Waals surface area contributed by atoms with Crippen LogP contribution in [0.15, 0.2) is 24.3 Å². The lowest BCUT2D eigenvalue weighted by atomic mass is 9.72. The summed E-state index contributed by atoms with van der Waals surface area (Å²) in [6.07, 6.45) is 6.19. The maximum Gasteiger partial charge on any atom is 0.317 e. The average Bonchev–Trinajstić information content (AvgIpc) is 2.55. The summed E-state index contributed by atoms with van der Waals surface area (Å²) in [7, 11) is 0. The number of carbonyl (C=O) groups is 2. The fourth-order valence-corrected chi connectivity index (χ4v) is 3.25. The lowest BCUT2D eigenvalue weighted by Gasteiger charge is -2.34. The van der Waals surface area contributed by atoms with Gasteiger partial charge in [0.1, 0.15) is 5.75 Å². The molecule has 0 aromatic heterocycles. The SMILES string of the molecule is NCCC1(C(=O)Oc2ccc(CCC(=O)O)cc2)CCCCC1. The molecule has 0 unspecified atom stereocenters. The molecule has 3 N–H and O–H groups in total. The molecule has 5 nitrogen and oxygen atoms in total. The molecule has 2 rings (SSSR count). The zero-order valence-electron chi connectivity index (χ0n) is 13.4. The lowest BCUT2D eigenvalue weighted by Crippen LogP contribution is -2.38. The molecule has 1 aliphatic carbocycles. The second-order valence-corrected chi connectivity index (χ2v) is 6.31. The van der Waals surface area contributed by atoms with Crippen molar-refractivity contribution in [2.45, 2.75) is 51.4 Å². The molecule has 0 atom stereocenters. The Balaban J connectivity index is 1.99. The van der Waals surface area contributed by atoms with E-state index in [1.165, 1.54) is 0 Å². The summed E-state index contributed by atoms with van der Waals surface area (Å²) >= 11 is 0. The van der Waals surface area contributed by atoms with Crippen LogP contribution in [0, 0.1) is 5.41 Å². The van der Waals surface area contributed by atoms with Gasteiger partial charge >= 0.3 is 11.9 Å². The van der Waals surface area contributed by atoms with E-state index >= 15 is 0 Å². The van der Waals surface area contributed by atoms with Gasteiger partial charge < -0.3 is 15.6 Å². The average molecular weight is 319 g/mol. The summed E-state index contributed by atoms with van der Waals surface area (Å²) in [6, 6.07) is 7.08. The van der Waals surface area contributed by atoms with Crippen molar-refractivity contribution in [2.24, 2.45) is 11.1 Å². The van der Waals surface area contributed by atoms with Crippen molar-refractivity contribution in [3.63, 3.8) is 0 Å². The number of carboxylic acid groups (broad SMARTS) is 1. The zero-order chi connectivity index (χ0) is 16.7. The van der Waals surface area contributed by atoms with Crippen LogP contribution in [0.25, 0.3) is 0 Å². The number of carboxylic acids is 1. The van der Waals surface area contributed by atoms with Crippen LogP contribution in [-0.4, -0.2) is 23.6 Å². The van der Waals surface area contributed by atoms with Gasteiger partial charge in [0, 0.05) is 6.42 Å². The summed E-state index contributed by atoms with van der Waals surface area (Å²) in [5.41, 5.74) is 6.18. The summed E-state index contributed by atoms with van der Waals surface area (Å²) in [6.45, 7) is 0.489. The van der Waals surface area contributed by atoms with Crippen molar-refractivity contribution in [3.8, 4) is 5.75 Å². The predicted octanol–water partition coefficient (Wildman–Crippen LogP) is 2.91. The van der Waals surface area contributed by atoms with Crippen LogP contribution in [0.1, 0.15) is 50.5 Å². The van der Waals surface area contributed by atoms with Crippen molar-refractivity contribution in [3.05, 3.63) is 29.8 Å². The van der Waals surface area contributed by atoms with Crippen LogP contribution >= 0.6 is 0 Å². The Kier molecular flexibility index (Phi) is 6.16. The van der Waals surface area contributed by atoms with E-state index in [4.69, 9.17) is 15.6 Å². The first-order valence-electron chi connectivity index (χ1n) is 8.29. The molecule has 0 saturated heterocycles. The number of aliphatic carboxylic acids is 1. The Morgan fingerprint density at radius 2 is 1.78 bits per heavy atom. The normalized spacial score (nSPS) is 16.7. The maximum atomic E-state index is 12.6. The third-order valence-electron chi connectivity index (χ3n) is 4.63. The van der Waals surface area contributed by atoms with Crippen molar-refractivity contribution in [1.82, 2.24) is 0 Å². The highest BCUT2D eigenvalue weighted by atomic mass is 16.5. The smallest absolute Gasteiger partial charge is 0.317 e. The number of ether oxygens (including phenoxy) is 1. The van der Waals surface area contributed by atoms with E-state index in [0.29, 0.717) is 25.1 Å². The first-order valence-corrected chi connectivity index (χ1v) is 8.29. The Morgan fingerprint density at radius 1 is 1.13 bits per heavy atom. The van der Waals surface area contributed by atoms with Crippen LogP contribution < -0.4 is 10.5 Å². The number of hydrogen-bond donors (Lipinski definition) is 2. The van der Waals surface area contributed by atoms with Crippen LogP contribution in [0.3, 0.4) is 0 Å². The Morgan fingerprint density at radius 3 is 2.35 bits per heavy atom. The van der Waals surface area contributed by atoms with E-state index in [1.807, 2.05) is 12.1 Å². The van der Waals surface area contributed by atoms with Crippen LogP contribution in [0.4, 0.5) is 0 Å². The number of benzene rings is 1. The minimum atomic E-state index is -0.818. The molecule has 0 bridgehead atoms. The standard InChI is InChI=1S/C18H25NO4/c19-13-12-18(10-2-1-3-11-18)17(22)23-15-7-4-14(5-8-15)6-9-16(20)21/h4-5,7-8H,1-3,6,9-13,19H2,(H,20,21). The third-order valence-corrected chi connectivity index (χ3v) is 4.63. The molecular formula is C18H25NO4. The van der Waals surface area contributed by atoms with Gasteiger partial charge in [-0.2, -0.15) is 0 Å². The molecule has 0 aliphatic heterocycles. The highest BCUT2D eigenvalue weighted by Crippen LogP contribution is 2.40. The van der Waals surface area contributed by atoms with Crippen LogP contribution in [0.2, 0.25) is 0 Å². The number of aryl methyl sites for hydroxylation is 1. The van der Waals surface area contributed by atoms with Gasteiger partial charge in [-0.25, -0.2) is 0 Å². The molecule has 1 aliphatic rings. The minimum Gasteiger partial charge on any atom is -0.481 e. The topological polar surface area (TPSA) is 89.6 Å². The molecule has 0 amide bonds. The van der Waals surface area contributed by atoms with Gasteiger partial charge in [-0.1, -0.05) is 31.4 Å². The molecule has 1 saturated carbocycles. The molecule has 1 fully saturated rings. The summed E-state index contributed by atoms with van der Waals surface area (Å²) in [4.78, 5) is 23.2. The van der Waals surface area contributed by atoms with E-state index < -0.39 is 11.4 Å². The fourth-order valence-electron chi connectivity index (χ4n) is 3.25. The summed E-state index contributed by atoms with van der Waals surface area (Å²) in [5.74, 6) is -0.487. The first-order chi connectivity index (χ1) is 11.1. The zero-order valence-corrected chi connectivity index (χ0v) is 13.4. The molecular weight excluding hydrogens is 294 g/mol. The highest BCUT2D eigenvalue weighted by molar-refractivity contribution is 5.79. The van der Waals surface area contributed by atoms with E-state index in [1.54, 1.807) is 12.1 Å². The molecule has 0 radical (unpaired) electrons. The number of carbonyl (C=O) groups excluding carboxylic acids is 1. The Bertz CT molecular complexity index is 527. The largest absolute Gasteiger partial charge is 0.481 e. The molecule has 0 spiro atoms. The Hall–Kier alpha value is -1.88. The van der Waals surface area contributed by atoms with E-state index in [0.717, 1.165) is 37.7 Å². The molecule has 5 heteroatoms. The van der Waals surface area contributed by atoms with E-state index in [-0.39, 0.29) is 12.4 Å². The second kappa shape index (κ2) is 8.11. The fraction of sp³-hybridized carbons (Fsp3) is 0.556. The highest BCUT2D eigenvalue weighted by Gasteiger charge is 2.40. The molecule has 0 heterocycles. The third kappa shape index (κ3) is 4.79. The maximum absolute atomic E-state index is 12.6. The monoisotopic (exact) mass is 319 g/mol. The quantitative estimate of drug-likeness (QED) is 0.596. The van der Waals surface area contributed by atoms with Crippen LogP contribution in [-0.2, 0) is 16.0 Å². The number of rotatable bonds is 7. The minimum absolute atomic E-state index is 0.0960. The van der Waals surface area contributed by atoms with Crippen LogP contribution in [0.5, 0.6) is 5.75 Å². The number of esters is 1.